The predicted octanol–water partition coefficient (Wildman–Crippen LogP) is 4.30. The number of fused-ring (bicyclic) bond motifs is 1. The minimum absolute atomic E-state index is 0.345. The molecule has 3 N–H and O–H groups in total. The Bertz CT molecular complexity index is 1410. The van der Waals surface area contributed by atoms with Gasteiger partial charge in [0.1, 0.15) is 30.9 Å². The molecule has 4 rings (SSSR count). The molecule has 1 atom stereocenters. The molecule has 204 valence electrons. The highest BCUT2D eigenvalue weighted by atomic mass is 19.1. The van der Waals surface area contributed by atoms with E-state index in [4.69, 9.17) is 24.7 Å². The number of carbonyl (C=O) groups is 1. The van der Waals surface area contributed by atoms with E-state index in [-0.39, 0.29) is 0 Å². The maximum Gasteiger partial charge on any atom is 0.248 e. The van der Waals surface area contributed by atoms with Crippen LogP contribution in [0.3, 0.4) is 0 Å². The Kier molecular flexibility index (Phi) is 9.03. The fraction of sp³-hybridized carbons (Fsp3) is 0.276. The lowest BCUT2D eigenvalue weighted by Crippen LogP contribution is -2.45. The first-order valence-corrected chi connectivity index (χ1v) is 12.3. The van der Waals surface area contributed by atoms with Crippen molar-refractivity contribution in [1.29, 1.82) is 0 Å². The molecule has 39 heavy (non-hydrogen) atoms. The average molecular weight is 535 g/mol. The number of rotatable bonds is 12. The van der Waals surface area contributed by atoms with E-state index < -0.39 is 17.3 Å². The molecule has 0 saturated heterocycles. The largest absolute Gasteiger partial charge is 0.487 e. The maximum absolute atomic E-state index is 13.3. The number of hydrogen-bond donors (Lipinski definition) is 2. The quantitative estimate of drug-likeness (QED) is 0.258. The van der Waals surface area contributed by atoms with E-state index in [0.29, 0.717) is 60.4 Å². The third-order valence-corrected chi connectivity index (χ3v) is 6.12. The van der Waals surface area contributed by atoms with Gasteiger partial charge in [0.2, 0.25) is 5.91 Å². The Morgan fingerprint density at radius 2 is 1.51 bits per heavy atom. The summed E-state index contributed by atoms with van der Waals surface area (Å²) in [6.45, 7) is 3.13. The Labute approximate surface area is 226 Å². The van der Waals surface area contributed by atoms with Crippen LogP contribution in [0.25, 0.3) is 22.2 Å². The number of aromatic nitrogens is 2. The summed E-state index contributed by atoms with van der Waals surface area (Å²) in [5, 5.41) is 3.60. The summed E-state index contributed by atoms with van der Waals surface area (Å²) in [4.78, 5) is 21.8. The SMILES string of the molecule is COCCOc1cc2ncnc(-c3ccc(NC(=O)C(C)(N)c4ccc(F)cc4)cc3)c2cc1OCCOC. The fourth-order valence-corrected chi connectivity index (χ4v) is 3.89. The third kappa shape index (κ3) is 6.66. The molecule has 0 saturated carbocycles. The Balaban J connectivity index is 1.59. The van der Waals surface area contributed by atoms with Gasteiger partial charge in [-0.05, 0) is 42.8 Å². The molecule has 0 radical (unpaired) electrons. The minimum Gasteiger partial charge on any atom is -0.487 e. The Morgan fingerprint density at radius 3 is 2.13 bits per heavy atom. The Morgan fingerprint density at radius 1 is 0.897 bits per heavy atom. The first-order valence-electron chi connectivity index (χ1n) is 12.3. The molecule has 0 bridgehead atoms. The van der Waals surface area contributed by atoms with Gasteiger partial charge in [-0.15, -0.1) is 0 Å². The van der Waals surface area contributed by atoms with Crippen molar-refractivity contribution in [2.24, 2.45) is 5.73 Å². The van der Waals surface area contributed by atoms with Crippen molar-refractivity contribution in [2.75, 3.05) is 46.0 Å². The molecule has 1 aromatic heterocycles. The van der Waals surface area contributed by atoms with Gasteiger partial charge in [0.25, 0.3) is 0 Å². The second kappa shape index (κ2) is 12.6. The predicted molar refractivity (Wildman–Crippen MR) is 146 cm³/mol. The number of benzene rings is 3. The number of nitrogens with two attached hydrogens (primary N) is 1. The number of amides is 1. The lowest BCUT2D eigenvalue weighted by Gasteiger charge is -2.24. The minimum atomic E-state index is -1.35. The number of carbonyl (C=O) groups excluding carboxylic acids is 1. The molecule has 1 amide bonds. The van der Waals surface area contributed by atoms with E-state index >= 15 is 0 Å². The average Bonchev–Trinajstić information content (AvgIpc) is 2.94. The number of methoxy groups -OCH3 is 2. The molecule has 4 aromatic rings. The van der Waals surface area contributed by atoms with Gasteiger partial charge >= 0.3 is 0 Å². The van der Waals surface area contributed by atoms with Crippen LogP contribution in [0.1, 0.15) is 12.5 Å². The van der Waals surface area contributed by atoms with E-state index in [1.165, 1.54) is 30.6 Å². The van der Waals surface area contributed by atoms with E-state index in [2.05, 4.69) is 15.3 Å². The number of nitrogens with zero attached hydrogens (tertiary/aromatic N) is 2. The standard InChI is InChI=1S/C29H31FN4O5/c1-29(31,20-6-8-21(30)9-7-20)28(35)34-22-10-4-19(5-11-22)27-23-16-25(38-14-12-36-2)26(39-15-13-37-3)17-24(23)32-18-33-27/h4-11,16-18H,12-15,31H2,1-3H3,(H,34,35). The first kappa shape index (κ1) is 27.9. The number of halogens is 1. The first-order chi connectivity index (χ1) is 18.8. The van der Waals surface area contributed by atoms with Crippen molar-refractivity contribution in [3.05, 3.63) is 78.4 Å². The molecule has 0 aliphatic rings. The van der Waals surface area contributed by atoms with Gasteiger partial charge in [0, 0.05) is 36.9 Å². The van der Waals surface area contributed by atoms with Crippen LogP contribution in [0.2, 0.25) is 0 Å². The van der Waals surface area contributed by atoms with Crippen molar-refractivity contribution in [3.63, 3.8) is 0 Å². The van der Waals surface area contributed by atoms with Gasteiger partial charge in [-0.2, -0.15) is 0 Å². The number of ether oxygens (including phenoxy) is 4. The van der Waals surface area contributed by atoms with E-state index in [0.717, 1.165) is 10.9 Å². The Hall–Kier alpha value is -4.12. The van der Waals surface area contributed by atoms with Crippen LogP contribution in [-0.2, 0) is 19.8 Å². The van der Waals surface area contributed by atoms with Crippen LogP contribution in [-0.4, -0.2) is 56.5 Å². The van der Waals surface area contributed by atoms with Crippen LogP contribution in [0.4, 0.5) is 10.1 Å². The van der Waals surface area contributed by atoms with Crippen LogP contribution in [0.5, 0.6) is 11.5 Å². The zero-order valence-electron chi connectivity index (χ0n) is 22.1. The highest BCUT2D eigenvalue weighted by molar-refractivity contribution is 5.99. The van der Waals surface area contributed by atoms with Crippen molar-refractivity contribution < 1.29 is 28.1 Å². The smallest absolute Gasteiger partial charge is 0.248 e. The number of nitrogens with one attached hydrogen (secondary N) is 1. The summed E-state index contributed by atoms with van der Waals surface area (Å²) in [7, 11) is 3.21. The molecule has 1 heterocycles. The fourth-order valence-electron chi connectivity index (χ4n) is 3.89. The van der Waals surface area contributed by atoms with E-state index in [1.54, 1.807) is 33.3 Å². The summed E-state index contributed by atoms with van der Waals surface area (Å²) in [6, 6.07) is 16.4. The van der Waals surface area contributed by atoms with Crippen LogP contribution in [0, 0.1) is 5.82 Å². The number of hydrogen-bond acceptors (Lipinski definition) is 8. The van der Waals surface area contributed by atoms with Crippen LogP contribution < -0.4 is 20.5 Å². The summed E-state index contributed by atoms with van der Waals surface area (Å²) >= 11 is 0. The van der Waals surface area contributed by atoms with Crippen molar-refractivity contribution in [1.82, 2.24) is 9.97 Å². The monoisotopic (exact) mass is 534 g/mol. The summed E-state index contributed by atoms with van der Waals surface area (Å²) < 4.78 is 35.3. The van der Waals surface area contributed by atoms with Gasteiger partial charge in [0.15, 0.2) is 11.5 Å². The second-order valence-electron chi connectivity index (χ2n) is 8.96. The molecular weight excluding hydrogens is 503 g/mol. The van der Waals surface area contributed by atoms with E-state index in [1.807, 2.05) is 24.3 Å². The molecule has 9 nitrogen and oxygen atoms in total. The summed E-state index contributed by atoms with van der Waals surface area (Å²) in [5.41, 5.74) is 8.17. The van der Waals surface area contributed by atoms with Gasteiger partial charge in [-0.25, -0.2) is 14.4 Å². The van der Waals surface area contributed by atoms with E-state index in [9.17, 15) is 9.18 Å². The third-order valence-electron chi connectivity index (χ3n) is 6.12. The van der Waals surface area contributed by atoms with Crippen molar-refractivity contribution in [3.8, 4) is 22.8 Å². The van der Waals surface area contributed by atoms with Crippen LogP contribution in [0.15, 0.2) is 67.0 Å². The highest BCUT2D eigenvalue weighted by Gasteiger charge is 2.30. The molecule has 0 aliphatic carbocycles. The van der Waals surface area contributed by atoms with Gasteiger partial charge in [-0.3, -0.25) is 4.79 Å². The molecule has 0 aliphatic heterocycles. The highest BCUT2D eigenvalue weighted by Crippen LogP contribution is 2.36. The van der Waals surface area contributed by atoms with Crippen molar-refractivity contribution >= 4 is 22.5 Å². The molecule has 0 spiro atoms. The number of anilines is 1. The molecule has 0 fully saturated rings. The zero-order chi connectivity index (χ0) is 27.8. The molecule has 10 heteroatoms. The lowest BCUT2D eigenvalue weighted by molar-refractivity contribution is -0.120. The zero-order valence-corrected chi connectivity index (χ0v) is 22.1. The lowest BCUT2D eigenvalue weighted by atomic mass is 9.92. The molecule has 1 unspecified atom stereocenters. The second-order valence-corrected chi connectivity index (χ2v) is 8.96. The van der Waals surface area contributed by atoms with Gasteiger partial charge < -0.3 is 30.0 Å². The molecule has 3 aromatic carbocycles. The van der Waals surface area contributed by atoms with Gasteiger partial charge in [-0.1, -0.05) is 24.3 Å². The van der Waals surface area contributed by atoms with Gasteiger partial charge in [0.05, 0.1) is 24.4 Å². The topological polar surface area (TPSA) is 118 Å². The molecular formula is C29H31FN4O5. The van der Waals surface area contributed by atoms with Crippen LogP contribution >= 0.6 is 0 Å². The summed E-state index contributed by atoms with van der Waals surface area (Å²) in [6.07, 6.45) is 1.49. The van der Waals surface area contributed by atoms with Crippen molar-refractivity contribution in [2.45, 2.75) is 12.5 Å². The normalized spacial score (nSPS) is 12.6. The maximum atomic E-state index is 13.3. The summed E-state index contributed by atoms with van der Waals surface area (Å²) in [5.74, 6) is 0.266.